The molecule has 0 spiro atoms. The third-order valence-electron chi connectivity index (χ3n) is 1.27. The van der Waals surface area contributed by atoms with Crippen LogP contribution in [0.2, 0.25) is 0 Å². The predicted molar refractivity (Wildman–Crippen MR) is 63.3 cm³/mol. The first-order valence-corrected chi connectivity index (χ1v) is 6.81. The van der Waals surface area contributed by atoms with Crippen molar-refractivity contribution >= 4 is 21.6 Å². The third-order valence-corrected chi connectivity index (χ3v) is 2.99. The molecule has 0 bridgehead atoms. The van der Waals surface area contributed by atoms with Crippen LogP contribution in [-0.4, -0.2) is 0 Å². The third kappa shape index (κ3) is 10.2. The average molecular weight is 202 g/mol. The highest BCUT2D eigenvalue weighted by Gasteiger charge is 1.77. The number of rotatable bonds is 7. The van der Waals surface area contributed by atoms with E-state index in [0.29, 0.717) is 0 Å². The van der Waals surface area contributed by atoms with Crippen molar-refractivity contribution in [3.8, 4) is 0 Å². The fraction of sp³-hybridized carbons (Fsp3) is 0.600. The molecule has 0 saturated carbocycles. The van der Waals surface area contributed by atoms with Crippen molar-refractivity contribution in [3.63, 3.8) is 0 Å². The summed E-state index contributed by atoms with van der Waals surface area (Å²) in [6.45, 7) is 4.40. The van der Waals surface area contributed by atoms with E-state index in [1.807, 2.05) is 0 Å². The Morgan fingerprint density at radius 3 is 1.58 bits per heavy atom. The molecule has 2 heteroatoms. The van der Waals surface area contributed by atoms with E-state index in [1.165, 1.54) is 25.7 Å². The van der Waals surface area contributed by atoms with Crippen LogP contribution in [0.1, 0.15) is 39.5 Å². The SMILES string of the molecule is CCCC=CSSC=CCCC. The maximum absolute atomic E-state index is 2.23. The van der Waals surface area contributed by atoms with Crippen LogP contribution in [0.25, 0.3) is 0 Å². The summed E-state index contributed by atoms with van der Waals surface area (Å²) in [6.07, 6.45) is 9.34. The Hall–Kier alpha value is 0.180. The lowest BCUT2D eigenvalue weighted by Crippen LogP contribution is -1.58. The zero-order chi connectivity index (χ0) is 9.07. The maximum Gasteiger partial charge on any atom is -0.0218 e. The summed E-state index contributed by atoms with van der Waals surface area (Å²) in [6, 6.07) is 0. The minimum atomic E-state index is 1.20. The van der Waals surface area contributed by atoms with Gasteiger partial charge in [0.25, 0.3) is 0 Å². The minimum Gasteiger partial charge on any atom is -0.0774 e. The van der Waals surface area contributed by atoms with E-state index >= 15 is 0 Å². The van der Waals surface area contributed by atoms with Gasteiger partial charge in [0.05, 0.1) is 0 Å². The van der Waals surface area contributed by atoms with E-state index in [1.54, 1.807) is 21.6 Å². The van der Waals surface area contributed by atoms with E-state index in [2.05, 4.69) is 36.8 Å². The smallest absolute Gasteiger partial charge is 0.0218 e. The summed E-state index contributed by atoms with van der Waals surface area (Å²) < 4.78 is 0. The predicted octanol–water partition coefficient (Wildman–Crippen LogP) is 5.00. The largest absolute Gasteiger partial charge is 0.0774 e. The number of unbranched alkanes of at least 4 members (excludes halogenated alkanes) is 2. The summed E-state index contributed by atoms with van der Waals surface area (Å²) >= 11 is 0. The van der Waals surface area contributed by atoms with Crippen LogP contribution in [0.3, 0.4) is 0 Å². The second kappa shape index (κ2) is 11.2. The Kier molecular flexibility index (Phi) is 11.3. The molecule has 0 aromatic heterocycles. The van der Waals surface area contributed by atoms with Gasteiger partial charge in [-0.3, -0.25) is 0 Å². The van der Waals surface area contributed by atoms with E-state index in [0.717, 1.165) is 0 Å². The molecule has 70 valence electrons. The lowest BCUT2D eigenvalue weighted by atomic mass is 10.3. The number of allylic oxidation sites excluding steroid dienone is 2. The van der Waals surface area contributed by atoms with Gasteiger partial charge in [-0.1, -0.05) is 60.4 Å². The Bertz CT molecular complexity index is 112. The summed E-state index contributed by atoms with van der Waals surface area (Å²) in [7, 11) is 3.59. The second-order valence-corrected chi connectivity index (χ2v) is 4.60. The van der Waals surface area contributed by atoms with Crippen LogP contribution in [0, 0.1) is 0 Å². The molecule has 0 aliphatic rings. The Balaban J connectivity index is 3.09. The lowest BCUT2D eigenvalue weighted by Gasteiger charge is -1.87. The average Bonchev–Trinajstić information content (AvgIpc) is 2.10. The van der Waals surface area contributed by atoms with Gasteiger partial charge in [-0.2, -0.15) is 0 Å². The van der Waals surface area contributed by atoms with E-state index in [-0.39, 0.29) is 0 Å². The van der Waals surface area contributed by atoms with Crippen molar-refractivity contribution in [2.45, 2.75) is 39.5 Å². The van der Waals surface area contributed by atoms with Gasteiger partial charge in [-0.15, -0.1) is 0 Å². The van der Waals surface area contributed by atoms with Gasteiger partial charge in [-0.05, 0) is 23.7 Å². The first-order chi connectivity index (χ1) is 5.91. The van der Waals surface area contributed by atoms with Gasteiger partial charge < -0.3 is 0 Å². The molecule has 0 radical (unpaired) electrons. The normalized spacial score (nSPS) is 11.8. The van der Waals surface area contributed by atoms with Gasteiger partial charge in [0.1, 0.15) is 0 Å². The quantitative estimate of drug-likeness (QED) is 0.421. The van der Waals surface area contributed by atoms with Crippen LogP contribution < -0.4 is 0 Å². The summed E-state index contributed by atoms with van der Waals surface area (Å²) in [5.41, 5.74) is 0. The molecule has 0 rings (SSSR count). The Labute approximate surface area is 84.3 Å². The summed E-state index contributed by atoms with van der Waals surface area (Å²) in [5, 5.41) is 4.34. The van der Waals surface area contributed by atoms with Crippen molar-refractivity contribution in [3.05, 3.63) is 23.0 Å². The Morgan fingerprint density at radius 1 is 0.833 bits per heavy atom. The van der Waals surface area contributed by atoms with Gasteiger partial charge in [0.2, 0.25) is 0 Å². The van der Waals surface area contributed by atoms with Crippen molar-refractivity contribution in [2.75, 3.05) is 0 Å². The van der Waals surface area contributed by atoms with Gasteiger partial charge in [0, 0.05) is 0 Å². The zero-order valence-corrected chi connectivity index (χ0v) is 9.59. The first kappa shape index (κ1) is 12.2. The molecule has 0 unspecified atom stereocenters. The second-order valence-electron chi connectivity index (χ2n) is 2.51. The molecular formula is C10H18S2. The molecule has 0 atom stereocenters. The van der Waals surface area contributed by atoms with E-state index in [9.17, 15) is 0 Å². The molecule has 0 saturated heterocycles. The standard InChI is InChI=1S/C10H18S2/c1-3-5-7-9-11-12-10-8-6-4-2/h7-10H,3-6H2,1-2H3. The monoisotopic (exact) mass is 202 g/mol. The van der Waals surface area contributed by atoms with Gasteiger partial charge in [-0.25, -0.2) is 0 Å². The van der Waals surface area contributed by atoms with Crippen molar-refractivity contribution in [2.24, 2.45) is 0 Å². The van der Waals surface area contributed by atoms with Crippen LogP contribution in [0.15, 0.2) is 23.0 Å². The fourth-order valence-electron chi connectivity index (χ4n) is 0.612. The molecule has 0 heterocycles. The van der Waals surface area contributed by atoms with Crippen LogP contribution in [-0.2, 0) is 0 Å². The van der Waals surface area contributed by atoms with Gasteiger partial charge in [0.15, 0.2) is 0 Å². The number of hydrogen-bond donors (Lipinski definition) is 0. The molecule has 0 aliphatic heterocycles. The highest BCUT2D eigenvalue weighted by atomic mass is 33.1. The Morgan fingerprint density at radius 2 is 1.25 bits per heavy atom. The van der Waals surface area contributed by atoms with Crippen LogP contribution >= 0.6 is 21.6 Å². The van der Waals surface area contributed by atoms with E-state index < -0.39 is 0 Å². The van der Waals surface area contributed by atoms with Crippen molar-refractivity contribution in [1.29, 1.82) is 0 Å². The van der Waals surface area contributed by atoms with Crippen LogP contribution in [0.4, 0.5) is 0 Å². The molecule has 0 fully saturated rings. The molecule has 0 amide bonds. The highest BCUT2D eigenvalue weighted by molar-refractivity contribution is 8.78. The molecule has 0 N–H and O–H groups in total. The van der Waals surface area contributed by atoms with E-state index in [4.69, 9.17) is 0 Å². The molecule has 0 nitrogen and oxygen atoms in total. The van der Waals surface area contributed by atoms with Gasteiger partial charge >= 0.3 is 0 Å². The molecule has 0 aliphatic carbocycles. The van der Waals surface area contributed by atoms with Crippen molar-refractivity contribution < 1.29 is 0 Å². The lowest BCUT2D eigenvalue weighted by molar-refractivity contribution is 0.960. The highest BCUT2D eigenvalue weighted by Crippen LogP contribution is 2.23. The number of hydrogen-bond acceptors (Lipinski definition) is 2. The maximum atomic E-state index is 2.23. The summed E-state index contributed by atoms with van der Waals surface area (Å²) in [5.74, 6) is 0. The molecule has 12 heavy (non-hydrogen) atoms. The zero-order valence-electron chi connectivity index (χ0n) is 7.95. The summed E-state index contributed by atoms with van der Waals surface area (Å²) in [4.78, 5) is 0. The minimum absolute atomic E-state index is 1.20. The van der Waals surface area contributed by atoms with Crippen LogP contribution in [0.5, 0.6) is 0 Å². The van der Waals surface area contributed by atoms with Crippen molar-refractivity contribution in [1.82, 2.24) is 0 Å². The molecular weight excluding hydrogens is 184 g/mol. The first-order valence-electron chi connectivity index (χ1n) is 4.54. The topological polar surface area (TPSA) is 0 Å². The molecule has 0 aromatic carbocycles. The fourth-order valence-corrected chi connectivity index (χ4v) is 2.03. The molecule has 0 aromatic rings.